The van der Waals surface area contributed by atoms with Crippen LogP contribution < -0.4 is 0 Å². The molecule has 60 valence electrons. The second-order valence-corrected chi connectivity index (χ2v) is 8.43. The van der Waals surface area contributed by atoms with Crippen molar-refractivity contribution in [2.75, 3.05) is 20.0 Å². The second-order valence-electron chi connectivity index (χ2n) is 1.84. The molecule has 3 heteroatoms. The van der Waals surface area contributed by atoms with Crippen molar-refractivity contribution in [3.8, 4) is 0 Å². The number of rotatable bonds is 2. The molecule has 0 fully saturated rings. The van der Waals surface area contributed by atoms with Crippen molar-refractivity contribution in [1.29, 1.82) is 0 Å². The van der Waals surface area contributed by atoms with Crippen LogP contribution in [-0.2, 0) is 14.4 Å². The molecule has 9 heavy (non-hydrogen) atoms. The zero-order valence-corrected chi connectivity index (χ0v) is 10.7. The minimum atomic E-state index is 0.380. The van der Waals surface area contributed by atoms with E-state index in [1.165, 1.54) is 4.89 Å². The number of halogens is 1. The molecule has 0 bridgehead atoms. The molecule has 0 aromatic heterocycles. The Balaban J connectivity index is 0. The Morgan fingerprint density at radius 3 is 1.89 bits per heavy atom. The number of hydrogen-bond donors (Lipinski definition) is 0. The first-order chi connectivity index (χ1) is 4.15. The van der Waals surface area contributed by atoms with Crippen LogP contribution in [0.3, 0.4) is 0 Å². The van der Waals surface area contributed by atoms with E-state index in [4.69, 9.17) is 0 Å². The SMILES string of the molecule is C=C[CH2][Pd][I].CP(C)C. The first kappa shape index (κ1) is 13.2. The average Bonchev–Trinajstić information content (AvgIpc) is 1.66. The number of allylic oxidation sites excluding steroid dienone is 1. The van der Waals surface area contributed by atoms with Gasteiger partial charge in [0.25, 0.3) is 0 Å². The molecule has 0 rings (SSSR count). The summed E-state index contributed by atoms with van der Waals surface area (Å²) in [6, 6.07) is 0. The van der Waals surface area contributed by atoms with Crippen LogP contribution in [0.1, 0.15) is 0 Å². The van der Waals surface area contributed by atoms with Crippen LogP contribution in [0.2, 0.25) is 4.89 Å². The Bertz CT molecular complexity index is 54.3. The zero-order valence-electron chi connectivity index (χ0n) is 6.13. The normalized spacial score (nSPS) is 8.56. The van der Waals surface area contributed by atoms with Gasteiger partial charge in [-0.2, -0.15) is 0 Å². The molecule has 0 amide bonds. The van der Waals surface area contributed by atoms with Gasteiger partial charge in [-0.25, -0.2) is 0 Å². The maximum absolute atomic E-state index is 3.56. The molecule has 0 saturated heterocycles. The maximum atomic E-state index is 3.56. The van der Waals surface area contributed by atoms with Gasteiger partial charge in [-0.1, -0.05) is 0 Å². The first-order valence-electron chi connectivity index (χ1n) is 2.50. The van der Waals surface area contributed by atoms with Crippen LogP contribution in [-0.4, -0.2) is 20.0 Å². The largest absolute Gasteiger partial charge is 0.116 e. The van der Waals surface area contributed by atoms with Crippen LogP contribution in [0.25, 0.3) is 0 Å². The fourth-order valence-corrected chi connectivity index (χ4v) is 1.37. The monoisotopic (exact) mass is 350 g/mol. The molecule has 0 heterocycles. The summed E-state index contributed by atoms with van der Waals surface area (Å²) >= 11 is 3.23. The quantitative estimate of drug-likeness (QED) is 0.310. The van der Waals surface area contributed by atoms with Crippen molar-refractivity contribution < 1.29 is 14.4 Å². The van der Waals surface area contributed by atoms with Gasteiger partial charge in [0.15, 0.2) is 0 Å². The summed E-state index contributed by atoms with van der Waals surface area (Å²) in [7, 11) is 0.380. The van der Waals surface area contributed by atoms with Crippen molar-refractivity contribution in [3.63, 3.8) is 0 Å². The van der Waals surface area contributed by atoms with Gasteiger partial charge in [0.1, 0.15) is 0 Å². The van der Waals surface area contributed by atoms with E-state index >= 15 is 0 Å². The van der Waals surface area contributed by atoms with E-state index in [0.29, 0.717) is 7.92 Å². The van der Waals surface area contributed by atoms with Crippen LogP contribution in [0.15, 0.2) is 12.7 Å². The van der Waals surface area contributed by atoms with Gasteiger partial charge in [0.2, 0.25) is 0 Å². The van der Waals surface area contributed by atoms with Crippen LogP contribution in [0.5, 0.6) is 0 Å². The van der Waals surface area contributed by atoms with Crippen molar-refractivity contribution in [1.82, 2.24) is 0 Å². The van der Waals surface area contributed by atoms with E-state index in [1.54, 1.807) is 0 Å². The maximum Gasteiger partial charge on any atom is -0.0449 e. The third-order valence-corrected chi connectivity index (χ3v) is 2.48. The van der Waals surface area contributed by atoms with Crippen molar-refractivity contribution >= 4 is 27.4 Å². The van der Waals surface area contributed by atoms with Gasteiger partial charge in [0, 0.05) is 0 Å². The summed E-state index contributed by atoms with van der Waals surface area (Å²) < 4.78 is 0. The molecule has 0 spiro atoms. The Morgan fingerprint density at radius 2 is 1.89 bits per heavy atom. The average molecular weight is 350 g/mol. The molecule has 0 N–H and O–H groups in total. The van der Waals surface area contributed by atoms with Crippen molar-refractivity contribution in [3.05, 3.63) is 12.7 Å². The summed E-state index contributed by atoms with van der Waals surface area (Å²) in [5, 5.41) is 0. The molecule has 0 aromatic rings. The van der Waals surface area contributed by atoms with Crippen molar-refractivity contribution in [2.45, 2.75) is 4.89 Å². The molecule has 0 aliphatic heterocycles. The predicted octanol–water partition coefficient (Wildman–Crippen LogP) is 3.38. The van der Waals surface area contributed by atoms with Crippen LogP contribution in [0, 0.1) is 0 Å². The summed E-state index contributed by atoms with van der Waals surface area (Å²) in [5.74, 6) is 0. The summed E-state index contributed by atoms with van der Waals surface area (Å²) in [6.07, 6.45) is 1.95. The summed E-state index contributed by atoms with van der Waals surface area (Å²) in [6.45, 7) is 10.3. The fourth-order valence-electron chi connectivity index (χ4n) is 0.0345. The van der Waals surface area contributed by atoms with Gasteiger partial charge < -0.3 is 0 Å². The van der Waals surface area contributed by atoms with Crippen LogP contribution >= 0.6 is 27.4 Å². The topological polar surface area (TPSA) is 0 Å². The smallest absolute Gasteiger partial charge is 0.0449 e. The minimum Gasteiger partial charge on any atom is -0.116 e. The molecular formula is C6H14IPPd. The van der Waals surface area contributed by atoms with Gasteiger partial charge >= 0.3 is 51.4 Å². The second kappa shape index (κ2) is 12.3. The first-order valence-corrected chi connectivity index (χ1v) is 10.9. The third kappa shape index (κ3) is 43.1. The van der Waals surface area contributed by atoms with Gasteiger partial charge in [-0.15, -0.1) is 7.92 Å². The number of hydrogen-bond acceptors (Lipinski definition) is 0. The molecule has 0 atom stereocenters. The fraction of sp³-hybridized carbons (Fsp3) is 0.667. The minimum absolute atomic E-state index is 0.380. The molecular weight excluding hydrogens is 336 g/mol. The Morgan fingerprint density at radius 1 is 1.56 bits per heavy atom. The van der Waals surface area contributed by atoms with E-state index in [-0.39, 0.29) is 0 Å². The third-order valence-electron chi connectivity index (χ3n) is 0.140. The molecule has 0 aliphatic carbocycles. The Kier molecular flexibility index (Phi) is 17.9. The standard InChI is InChI=1S/C3H9P.C3H5.HI.Pd/c1-4(2)3;1-3-2;;/h1-3H3;3H,1-2H2;1H;/q;;;+1/p-1. The van der Waals surface area contributed by atoms with Gasteiger partial charge in [0.05, 0.1) is 0 Å². The predicted molar refractivity (Wildman–Crippen MR) is 53.7 cm³/mol. The van der Waals surface area contributed by atoms with E-state index < -0.39 is 0 Å². The summed E-state index contributed by atoms with van der Waals surface area (Å²) in [4.78, 5) is 1.19. The molecule has 0 aliphatic rings. The van der Waals surface area contributed by atoms with E-state index in [1.807, 2.05) is 6.08 Å². The van der Waals surface area contributed by atoms with Gasteiger partial charge in [-0.05, 0) is 20.0 Å². The molecule has 0 unspecified atom stereocenters. The van der Waals surface area contributed by atoms with Crippen molar-refractivity contribution in [2.24, 2.45) is 0 Å². The molecule has 0 radical (unpaired) electrons. The molecule has 0 aromatic carbocycles. The van der Waals surface area contributed by atoms with Gasteiger partial charge in [-0.3, -0.25) is 0 Å². The van der Waals surface area contributed by atoms with E-state index in [9.17, 15) is 0 Å². The Hall–Kier alpha value is 1.56. The summed E-state index contributed by atoms with van der Waals surface area (Å²) in [5.41, 5.74) is 0. The molecule has 0 nitrogen and oxygen atoms in total. The van der Waals surface area contributed by atoms with E-state index in [0.717, 1.165) is 14.4 Å². The zero-order chi connectivity index (χ0) is 7.70. The van der Waals surface area contributed by atoms with E-state index in [2.05, 4.69) is 46.1 Å². The van der Waals surface area contributed by atoms with Crippen LogP contribution in [0.4, 0.5) is 0 Å². The molecule has 0 saturated carbocycles. The Labute approximate surface area is 78.8 Å².